The van der Waals surface area contributed by atoms with E-state index in [4.69, 9.17) is 0 Å². The molecule has 0 radical (unpaired) electrons. The number of hydrogen-bond acceptors (Lipinski definition) is 1. The fourth-order valence-electron chi connectivity index (χ4n) is 4.93. The van der Waals surface area contributed by atoms with Crippen LogP contribution in [0, 0.1) is 0 Å². The van der Waals surface area contributed by atoms with Gasteiger partial charge in [-0.3, -0.25) is 0 Å². The first-order valence-electron chi connectivity index (χ1n) is 12.4. The molecule has 0 heterocycles. The second kappa shape index (κ2) is 10.2. The molecular weight excluding hydrogens is 453 g/mol. The lowest BCUT2D eigenvalue weighted by molar-refractivity contribution is 0.441. The molecule has 0 aromatic heterocycles. The van der Waals surface area contributed by atoms with Crippen LogP contribution in [0.3, 0.4) is 0 Å². The zero-order valence-electron chi connectivity index (χ0n) is 23.9. The molecule has 0 bridgehead atoms. The number of nitrogens with zero attached hydrogens (tertiary/aromatic N) is 1. The van der Waals surface area contributed by atoms with Gasteiger partial charge in [0.05, 0.1) is 10.8 Å². The highest BCUT2D eigenvalue weighted by Gasteiger charge is 2.39. The van der Waals surface area contributed by atoms with E-state index in [2.05, 4.69) is 136 Å². The van der Waals surface area contributed by atoms with Crippen molar-refractivity contribution in [2.45, 2.75) is 110 Å². The molecule has 0 spiro atoms. The molecule has 0 saturated heterocycles. The zero-order valence-corrected chi connectivity index (χ0v) is 25.6. The highest BCUT2D eigenvalue weighted by molar-refractivity contribution is 7.84. The molecule has 0 aliphatic carbocycles. The van der Waals surface area contributed by atoms with Crippen LogP contribution in [0.1, 0.15) is 106 Å². The Morgan fingerprint density at radius 3 is 1.62 bits per heavy atom. The van der Waals surface area contributed by atoms with Gasteiger partial charge in [0.25, 0.3) is 0 Å². The Labute approximate surface area is 214 Å². The van der Waals surface area contributed by atoms with Gasteiger partial charge in [0, 0.05) is 7.05 Å². The van der Waals surface area contributed by atoms with Crippen LogP contribution < -0.4 is 5.30 Å². The third-order valence-electron chi connectivity index (χ3n) is 6.06. The summed E-state index contributed by atoms with van der Waals surface area (Å²) in [7, 11) is 0.362. The van der Waals surface area contributed by atoms with Crippen molar-refractivity contribution in [3.8, 4) is 0 Å². The highest BCUT2D eigenvalue weighted by atomic mass is 32.2. The van der Waals surface area contributed by atoms with Crippen molar-refractivity contribution in [1.29, 1.82) is 0 Å². The van der Waals surface area contributed by atoms with Gasteiger partial charge in [-0.2, -0.15) is 0 Å². The topological polar surface area (TPSA) is 20.3 Å². The molecule has 34 heavy (non-hydrogen) atoms. The van der Waals surface area contributed by atoms with Crippen molar-refractivity contribution in [3.05, 3.63) is 65.2 Å². The molecule has 2 aromatic rings. The number of hydrogen-bond donors (Lipinski definition) is 0. The van der Waals surface area contributed by atoms with Gasteiger partial charge in [-0.1, -0.05) is 119 Å². The number of benzene rings is 2. The van der Waals surface area contributed by atoms with Gasteiger partial charge in [-0.25, -0.2) is 8.51 Å². The lowest BCUT2D eigenvalue weighted by Gasteiger charge is -2.44. The average molecular weight is 502 g/mol. The van der Waals surface area contributed by atoms with E-state index < -0.39 is 18.9 Å². The van der Waals surface area contributed by atoms with Crippen LogP contribution in [-0.2, 0) is 16.4 Å². The monoisotopic (exact) mass is 501 g/mol. The molecule has 4 heteroatoms. The Balaban J connectivity index is 2.81. The zero-order chi connectivity index (χ0) is 26.3. The summed E-state index contributed by atoms with van der Waals surface area (Å²) < 4.78 is 15.4. The quantitative estimate of drug-likeness (QED) is 0.378. The Morgan fingerprint density at radius 1 is 0.735 bits per heavy atom. The standard InChI is InChI=1S/C30H48NOPS/c1-27(2,3)23-20-18-22(19-21-23)26(31(13)34(32)30(10,11)12)24-16-14-15-17-25(24)33(28(4,5)6)29(7,8)9/h14-21,26H,1-13H3. The Bertz CT molecular complexity index is 971. The van der Waals surface area contributed by atoms with Crippen molar-refractivity contribution in [3.63, 3.8) is 0 Å². The first-order valence-corrected chi connectivity index (χ1v) is 14.9. The molecule has 0 aliphatic heterocycles. The van der Waals surface area contributed by atoms with Gasteiger partial charge < -0.3 is 0 Å². The number of rotatable bonds is 5. The fourth-order valence-corrected chi connectivity index (χ4v) is 10.4. The van der Waals surface area contributed by atoms with Gasteiger partial charge in [0.2, 0.25) is 0 Å². The Morgan fingerprint density at radius 2 is 1.21 bits per heavy atom. The van der Waals surface area contributed by atoms with Crippen molar-refractivity contribution < 1.29 is 4.21 Å². The molecule has 190 valence electrons. The van der Waals surface area contributed by atoms with Crippen molar-refractivity contribution >= 4 is 24.2 Å². The third kappa shape index (κ3) is 6.80. The second-order valence-electron chi connectivity index (χ2n) is 13.4. The van der Waals surface area contributed by atoms with Crippen LogP contribution >= 0.6 is 7.92 Å². The maximum Gasteiger partial charge on any atom is 0.100 e. The van der Waals surface area contributed by atoms with E-state index in [0.29, 0.717) is 0 Å². The lowest BCUT2D eigenvalue weighted by Crippen LogP contribution is -2.40. The normalized spacial score (nSPS) is 15.6. The molecule has 0 N–H and O–H groups in total. The minimum absolute atomic E-state index is 0.0834. The summed E-state index contributed by atoms with van der Waals surface area (Å²) in [6, 6.07) is 17.8. The Kier molecular flexibility index (Phi) is 8.72. The molecule has 2 rings (SSSR count). The maximum absolute atomic E-state index is 13.7. The van der Waals surface area contributed by atoms with Crippen molar-refractivity contribution in [2.24, 2.45) is 0 Å². The first kappa shape index (κ1) is 29.2. The van der Waals surface area contributed by atoms with Crippen molar-refractivity contribution in [1.82, 2.24) is 4.31 Å². The largest absolute Gasteiger partial charge is 0.242 e. The van der Waals surface area contributed by atoms with E-state index in [1.54, 1.807) is 0 Å². The minimum Gasteiger partial charge on any atom is -0.242 e. The van der Waals surface area contributed by atoms with Crippen molar-refractivity contribution in [2.75, 3.05) is 7.05 Å². The van der Waals surface area contributed by atoms with Crippen LogP contribution in [0.15, 0.2) is 48.5 Å². The van der Waals surface area contributed by atoms with E-state index in [9.17, 15) is 4.21 Å². The van der Waals surface area contributed by atoms with Gasteiger partial charge in [-0.15, -0.1) is 0 Å². The summed E-state index contributed by atoms with van der Waals surface area (Å²) in [4.78, 5) is 0. The first-order chi connectivity index (χ1) is 15.3. The summed E-state index contributed by atoms with van der Waals surface area (Å²) in [6.07, 6.45) is 0. The van der Waals surface area contributed by atoms with Crippen LogP contribution in [0.5, 0.6) is 0 Å². The van der Waals surface area contributed by atoms with Crippen LogP contribution in [0.2, 0.25) is 0 Å². The summed E-state index contributed by atoms with van der Waals surface area (Å²) in [5.74, 6) is 0. The SMILES string of the molecule is CN(C(c1ccc(C(C)(C)C)cc1)c1ccccc1P(C(C)(C)C)C(C)(C)C)S(=O)C(C)(C)C. The van der Waals surface area contributed by atoms with Crippen LogP contribution in [0.25, 0.3) is 0 Å². The van der Waals surface area contributed by atoms with E-state index in [-0.39, 0.29) is 26.5 Å². The molecule has 0 aliphatic rings. The molecule has 2 nitrogen and oxygen atoms in total. The minimum atomic E-state index is -1.16. The molecular formula is C30H48NOPS. The smallest absolute Gasteiger partial charge is 0.100 e. The van der Waals surface area contributed by atoms with Gasteiger partial charge in [0.15, 0.2) is 0 Å². The summed E-state index contributed by atoms with van der Waals surface area (Å²) >= 11 is 0. The van der Waals surface area contributed by atoms with Crippen LogP contribution in [-0.4, -0.2) is 30.6 Å². The van der Waals surface area contributed by atoms with Crippen LogP contribution in [0.4, 0.5) is 0 Å². The predicted molar refractivity (Wildman–Crippen MR) is 155 cm³/mol. The van der Waals surface area contributed by atoms with E-state index in [0.717, 1.165) is 0 Å². The van der Waals surface area contributed by atoms with Gasteiger partial charge in [0.1, 0.15) is 11.0 Å². The molecule has 2 atom stereocenters. The summed E-state index contributed by atoms with van der Waals surface area (Å²) in [5, 5.41) is 1.71. The highest BCUT2D eigenvalue weighted by Crippen LogP contribution is 2.59. The molecule has 0 fully saturated rings. The van der Waals surface area contributed by atoms with E-state index in [1.165, 1.54) is 22.0 Å². The molecule has 2 unspecified atom stereocenters. The predicted octanol–water partition coefficient (Wildman–Crippen LogP) is 8.17. The maximum atomic E-state index is 13.7. The molecule has 2 aromatic carbocycles. The second-order valence-corrected chi connectivity index (χ2v) is 19.6. The van der Waals surface area contributed by atoms with E-state index >= 15 is 0 Å². The Hall–Kier alpha value is -1.02. The summed E-state index contributed by atoms with van der Waals surface area (Å²) in [6.45, 7) is 27.1. The van der Waals surface area contributed by atoms with Gasteiger partial charge >= 0.3 is 0 Å². The molecule has 0 saturated carbocycles. The van der Waals surface area contributed by atoms with E-state index in [1.807, 2.05) is 7.05 Å². The lowest BCUT2D eigenvalue weighted by atomic mass is 9.86. The fraction of sp³-hybridized carbons (Fsp3) is 0.600. The van der Waals surface area contributed by atoms with Gasteiger partial charge in [-0.05, 0) is 58.5 Å². The third-order valence-corrected chi connectivity index (χ3v) is 11.4. The summed E-state index contributed by atoms with van der Waals surface area (Å²) in [5.41, 5.74) is 3.88. The average Bonchev–Trinajstić information content (AvgIpc) is 2.65. The molecule has 0 amide bonds.